The van der Waals surface area contributed by atoms with E-state index in [-0.39, 0.29) is 21.7 Å². The van der Waals surface area contributed by atoms with Gasteiger partial charge in [-0.15, -0.1) is 0 Å². The van der Waals surface area contributed by atoms with Crippen molar-refractivity contribution < 1.29 is 18.8 Å². The molecule has 1 aromatic rings. The second-order valence-corrected chi connectivity index (χ2v) is 5.94. The molecule has 1 aliphatic rings. The first kappa shape index (κ1) is 13.3. The van der Waals surface area contributed by atoms with Crippen molar-refractivity contribution in [1.29, 1.82) is 0 Å². The quantitative estimate of drug-likeness (QED) is 0.855. The molecule has 7 heteroatoms. The van der Waals surface area contributed by atoms with Gasteiger partial charge < -0.3 is 15.2 Å². The molecule has 1 heterocycles. The van der Waals surface area contributed by atoms with E-state index in [1.54, 1.807) is 0 Å². The van der Waals surface area contributed by atoms with Crippen LogP contribution in [0.2, 0.25) is 10.0 Å². The number of ether oxygens (including phenoxy) is 1. The first-order chi connectivity index (χ1) is 11.6. The summed E-state index contributed by atoms with van der Waals surface area (Å²) in [5.74, 6) is -1.68. The molecule has 0 saturated carbocycles. The molecule has 1 amide bonds. The van der Waals surface area contributed by atoms with Gasteiger partial charge in [0, 0.05) is 12.6 Å². The number of phenols is 1. The lowest BCUT2D eigenvalue weighted by atomic mass is 10.1. The molecule has 1 atom stereocenters. The van der Waals surface area contributed by atoms with Crippen LogP contribution in [-0.4, -0.2) is 48.6 Å². The number of nitrogens with zero attached hydrogens (tertiary/aromatic N) is 1. The number of amides is 1. The lowest BCUT2D eigenvalue weighted by Gasteiger charge is -2.23. The number of carbonyl (C=O) groups excluding carboxylic acids is 1. The number of nitrogens with one attached hydrogen (secondary N) is 1. The Hall–Kier alpha value is -1.17. The Kier molecular flexibility index (Phi) is 4.47. The third-order valence-electron chi connectivity index (χ3n) is 3.89. The van der Waals surface area contributed by atoms with Gasteiger partial charge in [-0.3, -0.25) is 9.69 Å². The summed E-state index contributed by atoms with van der Waals surface area (Å²) in [5.41, 5.74) is -0.380. The van der Waals surface area contributed by atoms with Gasteiger partial charge in [0.25, 0.3) is 5.91 Å². The highest BCUT2D eigenvalue weighted by atomic mass is 35.5. The molecule has 1 aromatic carbocycles. The molecule has 22 heavy (non-hydrogen) atoms. The molecule has 122 valence electrons. The topological polar surface area (TPSA) is 61.8 Å². The van der Waals surface area contributed by atoms with Crippen LogP contribution in [0.4, 0.5) is 0 Å². The number of hydrogen-bond donors (Lipinski definition) is 2. The molecule has 0 radical (unpaired) electrons. The summed E-state index contributed by atoms with van der Waals surface area (Å²) in [5, 5.41) is 12.5. The van der Waals surface area contributed by atoms with E-state index in [0.29, 0.717) is 6.54 Å². The lowest BCUT2D eigenvalue weighted by Crippen LogP contribution is -2.40. The molecule has 2 N–H and O–H groups in total. The normalized spacial score (nSPS) is 21.0. The number of likely N-dealkylation sites (N-methyl/N-ethyl adjacent to an activating group) is 1. The molecular formula is C15H20Cl2N2O3. The van der Waals surface area contributed by atoms with E-state index in [1.807, 2.05) is 6.92 Å². The highest BCUT2D eigenvalue weighted by Crippen LogP contribution is 2.40. The summed E-state index contributed by atoms with van der Waals surface area (Å²) in [6.07, 6.45) is 2.01. The number of likely N-dealkylation sites (tertiary alicyclic amines) is 1. The van der Waals surface area contributed by atoms with Gasteiger partial charge in [0.15, 0.2) is 11.5 Å². The number of hydrogen-bond acceptors (Lipinski definition) is 4. The smallest absolute Gasteiger partial charge is 0.259 e. The highest BCUT2D eigenvalue weighted by Gasteiger charge is 2.26. The van der Waals surface area contributed by atoms with E-state index in [9.17, 15) is 9.90 Å². The van der Waals surface area contributed by atoms with E-state index >= 15 is 0 Å². The van der Waals surface area contributed by atoms with Gasteiger partial charge in [0.05, 0.1) is 21.2 Å². The Bertz CT molecular complexity index is 656. The molecule has 0 bridgehead atoms. The molecular weight excluding hydrogens is 327 g/mol. The van der Waals surface area contributed by atoms with Crippen molar-refractivity contribution in [3.05, 3.63) is 21.7 Å². The van der Waals surface area contributed by atoms with Crippen molar-refractivity contribution in [3.8, 4) is 11.5 Å². The van der Waals surface area contributed by atoms with Crippen LogP contribution >= 0.6 is 23.2 Å². The fourth-order valence-electron chi connectivity index (χ4n) is 2.74. The fraction of sp³-hybridized carbons (Fsp3) is 0.533. The summed E-state index contributed by atoms with van der Waals surface area (Å²) in [7, 11) is -2.83. The van der Waals surface area contributed by atoms with Crippen molar-refractivity contribution >= 4 is 29.1 Å². The van der Waals surface area contributed by atoms with Gasteiger partial charge in [-0.05, 0) is 32.0 Å². The van der Waals surface area contributed by atoms with E-state index < -0.39 is 24.4 Å². The van der Waals surface area contributed by atoms with E-state index in [1.165, 1.54) is 0 Å². The predicted octanol–water partition coefficient (Wildman–Crippen LogP) is 2.92. The SMILES string of the molecule is [3H]C([3H])([3H])Oc1c(Cl)cc(Cl)c(O)c1C(=O)NCC1CCCN1CC. The average Bonchev–Trinajstić information content (AvgIpc) is 2.97. The van der Waals surface area contributed by atoms with Crippen molar-refractivity contribution in [2.24, 2.45) is 0 Å². The standard InChI is InChI=1S/C15H20Cl2N2O3/c1-3-19-6-4-5-9(19)8-18-15(21)12-13(20)10(16)7-11(17)14(12)22-2/h7,9,20H,3-6,8H2,1-2H3,(H,18,21)/i2T3. The minimum atomic E-state index is -2.83. The maximum atomic E-state index is 12.6. The van der Waals surface area contributed by atoms with Crippen molar-refractivity contribution in [2.45, 2.75) is 25.8 Å². The summed E-state index contributed by atoms with van der Waals surface area (Å²) < 4.78 is 26.5. The van der Waals surface area contributed by atoms with Crippen molar-refractivity contribution in [2.75, 3.05) is 26.7 Å². The second-order valence-electron chi connectivity index (χ2n) is 5.13. The highest BCUT2D eigenvalue weighted by molar-refractivity contribution is 6.37. The molecule has 0 aliphatic carbocycles. The molecule has 5 nitrogen and oxygen atoms in total. The maximum Gasteiger partial charge on any atom is 0.259 e. The van der Waals surface area contributed by atoms with Crippen LogP contribution in [-0.2, 0) is 0 Å². The number of halogens is 2. The Morgan fingerprint density at radius 1 is 1.59 bits per heavy atom. The van der Waals surface area contributed by atoms with E-state index in [2.05, 4.69) is 10.2 Å². The van der Waals surface area contributed by atoms with Gasteiger partial charge in [-0.1, -0.05) is 30.1 Å². The number of aromatic hydroxyl groups is 1. The zero-order valence-corrected chi connectivity index (χ0v) is 13.7. The Morgan fingerprint density at radius 2 is 2.36 bits per heavy atom. The zero-order chi connectivity index (χ0) is 18.8. The van der Waals surface area contributed by atoms with Crippen molar-refractivity contribution in [3.63, 3.8) is 0 Å². The predicted molar refractivity (Wildman–Crippen MR) is 87.3 cm³/mol. The average molecular weight is 353 g/mol. The van der Waals surface area contributed by atoms with Crippen LogP contribution in [0.5, 0.6) is 11.5 Å². The third kappa shape index (κ3) is 3.42. The number of phenolic OH excluding ortho intramolecular Hbond substituents is 1. The maximum absolute atomic E-state index is 12.6. The lowest BCUT2D eigenvalue weighted by molar-refractivity contribution is 0.0935. The monoisotopic (exact) mass is 352 g/mol. The minimum absolute atomic E-state index is 0.163. The summed E-state index contributed by atoms with van der Waals surface area (Å²) in [6.45, 7) is 4.26. The summed E-state index contributed by atoms with van der Waals surface area (Å²) in [6, 6.07) is 1.32. The van der Waals surface area contributed by atoms with Crippen LogP contribution in [0.25, 0.3) is 0 Å². The zero-order valence-electron chi connectivity index (χ0n) is 15.2. The van der Waals surface area contributed by atoms with Crippen LogP contribution in [0.3, 0.4) is 0 Å². The molecule has 2 rings (SSSR count). The Labute approximate surface area is 144 Å². The largest absolute Gasteiger partial charge is 0.505 e. The Morgan fingerprint density at radius 3 is 3.05 bits per heavy atom. The molecule has 0 spiro atoms. The number of carbonyl (C=O) groups is 1. The van der Waals surface area contributed by atoms with Gasteiger partial charge in [-0.25, -0.2) is 0 Å². The summed E-state index contributed by atoms with van der Waals surface area (Å²) >= 11 is 11.8. The van der Waals surface area contributed by atoms with E-state index in [4.69, 9.17) is 32.1 Å². The molecule has 1 saturated heterocycles. The van der Waals surface area contributed by atoms with Gasteiger partial charge in [0.2, 0.25) is 0 Å². The Balaban J connectivity index is 2.25. The minimum Gasteiger partial charge on any atom is -0.505 e. The summed E-state index contributed by atoms with van der Waals surface area (Å²) in [4.78, 5) is 14.8. The fourth-order valence-corrected chi connectivity index (χ4v) is 3.25. The third-order valence-corrected chi connectivity index (χ3v) is 4.46. The molecule has 1 unspecified atom stereocenters. The number of methoxy groups -OCH3 is 1. The van der Waals surface area contributed by atoms with Crippen molar-refractivity contribution in [1.82, 2.24) is 10.2 Å². The van der Waals surface area contributed by atoms with Gasteiger partial charge in [-0.2, -0.15) is 0 Å². The second kappa shape index (κ2) is 7.40. The van der Waals surface area contributed by atoms with E-state index in [0.717, 1.165) is 32.0 Å². The van der Waals surface area contributed by atoms with Crippen LogP contribution in [0.1, 0.15) is 34.2 Å². The van der Waals surface area contributed by atoms with Crippen LogP contribution < -0.4 is 10.1 Å². The first-order valence-electron chi connectivity index (χ1n) is 8.56. The number of rotatable bonds is 5. The number of benzene rings is 1. The molecule has 0 aromatic heterocycles. The molecule has 1 aliphatic heterocycles. The van der Waals surface area contributed by atoms with Crippen LogP contribution in [0.15, 0.2) is 6.07 Å². The van der Waals surface area contributed by atoms with Crippen LogP contribution in [0, 0.1) is 0 Å². The van der Waals surface area contributed by atoms with Gasteiger partial charge in [0.1, 0.15) is 5.56 Å². The van der Waals surface area contributed by atoms with Gasteiger partial charge >= 0.3 is 0 Å². The first-order valence-corrected chi connectivity index (χ1v) is 7.82. The molecule has 1 fully saturated rings.